The van der Waals surface area contributed by atoms with Crippen molar-refractivity contribution in [2.45, 2.75) is 32.1 Å². The van der Waals surface area contributed by atoms with Gasteiger partial charge in [0.2, 0.25) is 0 Å². The molecule has 0 nitrogen and oxygen atoms in total. The van der Waals surface area contributed by atoms with Gasteiger partial charge in [-0.3, -0.25) is 0 Å². The third-order valence-corrected chi connectivity index (χ3v) is 6.84. The minimum atomic E-state index is 0.810. The number of rotatable bonds is 2. The van der Waals surface area contributed by atoms with Crippen LogP contribution < -0.4 is 0 Å². The van der Waals surface area contributed by atoms with Crippen LogP contribution in [0.25, 0.3) is 38.7 Å². The fourth-order valence-electron chi connectivity index (χ4n) is 5.47. The summed E-state index contributed by atoms with van der Waals surface area (Å²) in [6.07, 6.45) is 9.25. The molecule has 0 aliphatic heterocycles. The molecule has 2 aliphatic carbocycles. The number of allylic oxidation sites excluding steroid dienone is 1. The Hall–Kier alpha value is -2.86. The minimum Gasteiger partial charge on any atom is -0.0621 e. The van der Waals surface area contributed by atoms with Gasteiger partial charge in [0.15, 0.2) is 0 Å². The van der Waals surface area contributed by atoms with E-state index < -0.39 is 0 Å². The molecule has 0 heterocycles. The Morgan fingerprint density at radius 3 is 2.07 bits per heavy atom. The normalized spacial score (nSPS) is 16.6. The largest absolute Gasteiger partial charge is 0.0621 e. The Kier molecular flexibility index (Phi) is 3.65. The summed E-state index contributed by atoms with van der Waals surface area (Å²) in [7, 11) is 0. The van der Waals surface area contributed by atoms with Gasteiger partial charge in [-0.15, -0.1) is 0 Å². The monoisotopic (exact) mass is 360 g/mol. The summed E-state index contributed by atoms with van der Waals surface area (Å²) >= 11 is 0. The van der Waals surface area contributed by atoms with Crippen molar-refractivity contribution in [3.05, 3.63) is 89.5 Å². The lowest BCUT2D eigenvalue weighted by Crippen LogP contribution is -1.97. The van der Waals surface area contributed by atoms with Gasteiger partial charge in [-0.1, -0.05) is 91.2 Å². The summed E-state index contributed by atoms with van der Waals surface area (Å²) in [5.41, 5.74) is 7.44. The highest BCUT2D eigenvalue weighted by Gasteiger charge is 2.25. The molecule has 0 N–H and O–H groups in total. The van der Waals surface area contributed by atoms with E-state index in [0.717, 1.165) is 12.3 Å². The highest BCUT2D eigenvalue weighted by molar-refractivity contribution is 6.13. The number of fused-ring (bicyclic) bond motifs is 3. The zero-order valence-electron chi connectivity index (χ0n) is 16.1. The summed E-state index contributed by atoms with van der Waals surface area (Å²) in [6, 6.07) is 27.0. The van der Waals surface area contributed by atoms with Gasteiger partial charge in [-0.05, 0) is 75.0 Å². The Morgan fingerprint density at radius 2 is 1.36 bits per heavy atom. The second-order valence-electron chi connectivity index (χ2n) is 8.45. The van der Waals surface area contributed by atoms with Crippen LogP contribution in [0.4, 0.5) is 0 Å². The summed E-state index contributed by atoms with van der Waals surface area (Å²) < 4.78 is 0. The third-order valence-electron chi connectivity index (χ3n) is 6.84. The van der Waals surface area contributed by atoms with Gasteiger partial charge in [-0.2, -0.15) is 0 Å². The van der Waals surface area contributed by atoms with Crippen molar-refractivity contribution in [2.24, 2.45) is 5.92 Å². The molecule has 6 rings (SSSR count). The molecule has 0 atom stereocenters. The Balaban J connectivity index is 1.64. The van der Waals surface area contributed by atoms with Gasteiger partial charge < -0.3 is 0 Å². The molecule has 136 valence electrons. The first kappa shape index (κ1) is 16.1. The average molecular weight is 361 g/mol. The molecule has 4 aromatic carbocycles. The molecule has 1 saturated carbocycles. The van der Waals surface area contributed by atoms with E-state index in [1.54, 1.807) is 5.57 Å². The zero-order valence-corrected chi connectivity index (χ0v) is 16.1. The molecule has 0 amide bonds. The number of hydrogen-bond acceptors (Lipinski definition) is 0. The first-order valence-corrected chi connectivity index (χ1v) is 10.6. The van der Waals surface area contributed by atoms with Crippen molar-refractivity contribution in [1.82, 2.24) is 0 Å². The predicted octanol–water partition coefficient (Wildman–Crippen LogP) is 7.79. The molecule has 2 aliphatic rings. The van der Waals surface area contributed by atoms with Crippen LogP contribution in [-0.4, -0.2) is 0 Å². The molecule has 0 radical (unpaired) electrons. The molecule has 4 aromatic rings. The second-order valence-corrected chi connectivity index (χ2v) is 8.45. The van der Waals surface area contributed by atoms with Gasteiger partial charge in [0, 0.05) is 0 Å². The van der Waals surface area contributed by atoms with Crippen molar-refractivity contribution >= 4 is 27.6 Å². The van der Waals surface area contributed by atoms with Gasteiger partial charge in [-0.25, -0.2) is 0 Å². The van der Waals surface area contributed by atoms with Crippen molar-refractivity contribution in [2.75, 3.05) is 0 Å². The fraction of sp³-hybridized carbons (Fsp3) is 0.214. The van der Waals surface area contributed by atoms with Crippen LogP contribution in [0.2, 0.25) is 0 Å². The molecular formula is C28H24. The standard InChI is InChI=1S/C28H24/c1-2-9-19(8-1)23-17-22-12-7-15-26(27(22)18-23)28-24-13-5-3-10-20(24)16-21-11-4-6-14-25(21)28/h3-7,10-16,18-19H,1-2,8-9,17H2. The van der Waals surface area contributed by atoms with Crippen LogP contribution in [0.3, 0.4) is 0 Å². The number of benzene rings is 4. The summed E-state index contributed by atoms with van der Waals surface area (Å²) in [4.78, 5) is 0. The Bertz CT molecular complexity index is 1180. The van der Waals surface area contributed by atoms with Crippen molar-refractivity contribution < 1.29 is 0 Å². The first-order chi connectivity index (χ1) is 13.9. The van der Waals surface area contributed by atoms with E-state index in [1.807, 2.05) is 0 Å². The van der Waals surface area contributed by atoms with E-state index in [0.29, 0.717) is 0 Å². The average Bonchev–Trinajstić information content (AvgIpc) is 3.41. The highest BCUT2D eigenvalue weighted by Crippen LogP contribution is 2.44. The van der Waals surface area contributed by atoms with Crippen LogP contribution in [-0.2, 0) is 6.42 Å². The SMILES string of the molecule is C1=C(C2CCCC2)Cc2cccc(-c3c4ccccc4cc4ccccc34)c21. The van der Waals surface area contributed by atoms with E-state index in [9.17, 15) is 0 Å². The smallest absolute Gasteiger partial charge is 0.00207 e. The zero-order chi connectivity index (χ0) is 18.5. The molecule has 1 fully saturated rings. The lowest BCUT2D eigenvalue weighted by Gasteiger charge is -2.15. The summed E-state index contributed by atoms with van der Waals surface area (Å²) in [5, 5.41) is 5.37. The topological polar surface area (TPSA) is 0 Å². The van der Waals surface area contributed by atoms with E-state index in [4.69, 9.17) is 0 Å². The molecule has 0 unspecified atom stereocenters. The summed E-state index contributed by atoms with van der Waals surface area (Å²) in [6.45, 7) is 0. The van der Waals surface area contributed by atoms with Crippen LogP contribution in [0.1, 0.15) is 36.8 Å². The van der Waals surface area contributed by atoms with E-state index in [-0.39, 0.29) is 0 Å². The Labute approximate surface area is 166 Å². The molecule has 0 aromatic heterocycles. The first-order valence-electron chi connectivity index (χ1n) is 10.6. The van der Waals surface area contributed by atoms with Gasteiger partial charge in [0.25, 0.3) is 0 Å². The molecule has 28 heavy (non-hydrogen) atoms. The van der Waals surface area contributed by atoms with Crippen LogP contribution in [0.15, 0.2) is 78.4 Å². The maximum atomic E-state index is 2.54. The highest BCUT2D eigenvalue weighted by atomic mass is 14.3. The van der Waals surface area contributed by atoms with Crippen LogP contribution >= 0.6 is 0 Å². The quantitative estimate of drug-likeness (QED) is 0.320. The van der Waals surface area contributed by atoms with Crippen LogP contribution in [0, 0.1) is 5.92 Å². The molecule has 0 spiro atoms. The van der Waals surface area contributed by atoms with E-state index in [2.05, 4.69) is 78.9 Å². The lowest BCUT2D eigenvalue weighted by molar-refractivity contribution is 0.634. The van der Waals surface area contributed by atoms with Crippen molar-refractivity contribution in [3.63, 3.8) is 0 Å². The summed E-state index contributed by atoms with van der Waals surface area (Å²) in [5.74, 6) is 0.810. The number of hydrogen-bond donors (Lipinski definition) is 0. The maximum Gasteiger partial charge on any atom is -0.00207 e. The lowest BCUT2D eigenvalue weighted by atomic mass is 9.89. The van der Waals surface area contributed by atoms with Crippen molar-refractivity contribution in [3.8, 4) is 11.1 Å². The van der Waals surface area contributed by atoms with Crippen LogP contribution in [0.5, 0.6) is 0 Å². The molecule has 0 heteroatoms. The van der Waals surface area contributed by atoms with Gasteiger partial charge >= 0.3 is 0 Å². The molecule has 0 saturated heterocycles. The fourth-order valence-corrected chi connectivity index (χ4v) is 5.47. The Morgan fingerprint density at radius 1 is 0.679 bits per heavy atom. The van der Waals surface area contributed by atoms with Crippen molar-refractivity contribution in [1.29, 1.82) is 0 Å². The van der Waals surface area contributed by atoms with E-state index in [1.165, 1.54) is 69.5 Å². The van der Waals surface area contributed by atoms with Gasteiger partial charge in [0.1, 0.15) is 0 Å². The van der Waals surface area contributed by atoms with E-state index >= 15 is 0 Å². The molecular weight excluding hydrogens is 336 g/mol. The predicted molar refractivity (Wildman–Crippen MR) is 121 cm³/mol. The maximum absolute atomic E-state index is 2.54. The second kappa shape index (κ2) is 6.34. The molecule has 0 bridgehead atoms. The minimum absolute atomic E-state index is 0.810. The third kappa shape index (κ3) is 2.44. The van der Waals surface area contributed by atoms with Gasteiger partial charge in [0.05, 0.1) is 0 Å².